The molecule has 0 radical (unpaired) electrons. The second kappa shape index (κ2) is 5.73. The Morgan fingerprint density at radius 2 is 2.50 bits per heavy atom. The molecule has 1 aliphatic rings. The molecule has 2 atom stereocenters. The Morgan fingerprint density at radius 1 is 1.62 bits per heavy atom. The molecule has 1 aromatic rings. The lowest BCUT2D eigenvalue weighted by atomic mass is 10.1. The molecule has 0 amide bonds. The molecule has 0 saturated carbocycles. The third-order valence-corrected chi connectivity index (χ3v) is 4.46. The topological polar surface area (TPSA) is 24.4 Å². The third kappa shape index (κ3) is 3.25. The van der Waals surface area contributed by atoms with E-state index in [-0.39, 0.29) is 0 Å². The second-order valence-electron chi connectivity index (χ2n) is 4.19. The third-order valence-electron chi connectivity index (χ3n) is 2.68. The molecule has 0 aromatic carbocycles. The molecule has 16 heavy (non-hydrogen) atoms. The highest BCUT2D eigenvalue weighted by Gasteiger charge is 2.17. The van der Waals surface area contributed by atoms with Crippen LogP contribution in [0.2, 0.25) is 0 Å². The van der Waals surface area contributed by atoms with E-state index < -0.39 is 0 Å². The summed E-state index contributed by atoms with van der Waals surface area (Å²) in [6.07, 6.45) is 2.23. The van der Waals surface area contributed by atoms with Crippen LogP contribution in [0.25, 0.3) is 0 Å². The fourth-order valence-corrected chi connectivity index (χ4v) is 3.58. The summed E-state index contributed by atoms with van der Waals surface area (Å²) in [6, 6.07) is 3.19. The molecule has 2 heterocycles. The molecule has 0 fully saturated rings. The number of thioether (sulfide) groups is 1. The van der Waals surface area contributed by atoms with Crippen LogP contribution in [0.3, 0.4) is 0 Å². The van der Waals surface area contributed by atoms with Crippen molar-refractivity contribution in [3.8, 4) is 0 Å². The summed E-state index contributed by atoms with van der Waals surface area (Å²) < 4.78 is 0. The number of amidine groups is 1. The van der Waals surface area contributed by atoms with Gasteiger partial charge in [-0.2, -0.15) is 11.3 Å². The van der Waals surface area contributed by atoms with Gasteiger partial charge in [-0.05, 0) is 42.2 Å². The van der Waals surface area contributed by atoms with Crippen molar-refractivity contribution in [2.24, 2.45) is 4.99 Å². The van der Waals surface area contributed by atoms with E-state index in [1.54, 1.807) is 11.3 Å². The van der Waals surface area contributed by atoms with Crippen molar-refractivity contribution in [1.29, 1.82) is 0 Å². The summed E-state index contributed by atoms with van der Waals surface area (Å²) in [6.45, 7) is 4.42. The Kier molecular flexibility index (Phi) is 4.29. The minimum absolute atomic E-state index is 0.469. The number of rotatable bonds is 4. The number of hydrogen-bond acceptors (Lipinski definition) is 4. The molecule has 0 aliphatic carbocycles. The van der Waals surface area contributed by atoms with Crippen molar-refractivity contribution < 1.29 is 0 Å². The summed E-state index contributed by atoms with van der Waals surface area (Å²) in [5.41, 5.74) is 1.42. The number of nitrogens with zero attached hydrogens (tertiary/aromatic N) is 1. The maximum atomic E-state index is 4.65. The summed E-state index contributed by atoms with van der Waals surface area (Å²) in [5.74, 6) is 1.14. The zero-order chi connectivity index (χ0) is 11.4. The van der Waals surface area contributed by atoms with Crippen LogP contribution in [0.1, 0.15) is 25.8 Å². The van der Waals surface area contributed by atoms with Crippen LogP contribution in [0, 0.1) is 0 Å². The van der Waals surface area contributed by atoms with Crippen molar-refractivity contribution in [2.45, 2.75) is 38.8 Å². The maximum Gasteiger partial charge on any atom is 0.157 e. The number of thiophene rings is 1. The fraction of sp³-hybridized carbons (Fsp3) is 0.583. The highest BCUT2D eigenvalue weighted by Crippen LogP contribution is 2.19. The Morgan fingerprint density at radius 3 is 3.12 bits per heavy atom. The summed E-state index contributed by atoms with van der Waals surface area (Å²) in [4.78, 5) is 4.65. The first-order valence-electron chi connectivity index (χ1n) is 5.76. The van der Waals surface area contributed by atoms with Gasteiger partial charge in [-0.3, -0.25) is 4.99 Å². The Labute approximate surface area is 106 Å². The Bertz CT molecular complexity index is 346. The van der Waals surface area contributed by atoms with Gasteiger partial charge < -0.3 is 5.32 Å². The SMILES string of the molecule is CCC1CSC(NC(C)Cc2ccsc2)=N1. The summed E-state index contributed by atoms with van der Waals surface area (Å²) in [7, 11) is 0. The monoisotopic (exact) mass is 254 g/mol. The van der Waals surface area contributed by atoms with Crippen LogP contribution in [-0.2, 0) is 6.42 Å². The van der Waals surface area contributed by atoms with Crippen LogP contribution >= 0.6 is 23.1 Å². The van der Waals surface area contributed by atoms with E-state index in [4.69, 9.17) is 0 Å². The molecular formula is C12H18N2S2. The molecule has 1 N–H and O–H groups in total. The van der Waals surface area contributed by atoms with Crippen molar-refractivity contribution in [3.05, 3.63) is 22.4 Å². The highest BCUT2D eigenvalue weighted by molar-refractivity contribution is 8.14. The standard InChI is InChI=1S/C12H18N2S2/c1-3-11-8-16-12(14-11)13-9(2)6-10-4-5-15-7-10/h4-5,7,9,11H,3,6,8H2,1-2H3,(H,13,14). The molecule has 1 aromatic heterocycles. The number of hydrogen-bond donors (Lipinski definition) is 1. The first-order valence-corrected chi connectivity index (χ1v) is 7.69. The van der Waals surface area contributed by atoms with Gasteiger partial charge in [0.2, 0.25) is 0 Å². The van der Waals surface area contributed by atoms with Gasteiger partial charge in [-0.15, -0.1) is 0 Å². The highest BCUT2D eigenvalue weighted by atomic mass is 32.2. The average Bonchev–Trinajstić information content (AvgIpc) is 2.89. The van der Waals surface area contributed by atoms with Gasteiger partial charge in [0, 0.05) is 11.8 Å². The number of nitrogens with one attached hydrogen (secondary N) is 1. The van der Waals surface area contributed by atoms with Gasteiger partial charge >= 0.3 is 0 Å². The van der Waals surface area contributed by atoms with Gasteiger partial charge in [-0.25, -0.2) is 0 Å². The Balaban J connectivity index is 1.81. The van der Waals surface area contributed by atoms with Gasteiger partial charge in [0.15, 0.2) is 5.17 Å². The molecule has 0 bridgehead atoms. The first kappa shape index (κ1) is 12.0. The first-order chi connectivity index (χ1) is 7.78. The molecule has 1 aliphatic heterocycles. The zero-order valence-corrected chi connectivity index (χ0v) is 11.4. The quantitative estimate of drug-likeness (QED) is 0.892. The van der Waals surface area contributed by atoms with Crippen molar-refractivity contribution in [3.63, 3.8) is 0 Å². The largest absolute Gasteiger partial charge is 0.362 e. The molecule has 88 valence electrons. The van der Waals surface area contributed by atoms with Crippen molar-refractivity contribution in [2.75, 3.05) is 5.75 Å². The summed E-state index contributed by atoms with van der Waals surface area (Å²) in [5, 5.41) is 8.99. The van der Waals surface area contributed by atoms with Gasteiger partial charge in [0.1, 0.15) is 0 Å². The average molecular weight is 254 g/mol. The van der Waals surface area contributed by atoms with Crippen LogP contribution < -0.4 is 5.32 Å². The molecule has 0 spiro atoms. The second-order valence-corrected chi connectivity index (χ2v) is 5.98. The van der Waals surface area contributed by atoms with E-state index in [2.05, 4.69) is 41.0 Å². The zero-order valence-electron chi connectivity index (χ0n) is 9.77. The van der Waals surface area contributed by atoms with Crippen LogP contribution in [-0.4, -0.2) is 23.0 Å². The molecule has 2 rings (SSSR count). The van der Waals surface area contributed by atoms with E-state index in [1.165, 1.54) is 5.56 Å². The lowest BCUT2D eigenvalue weighted by molar-refractivity contribution is 0.659. The van der Waals surface area contributed by atoms with Crippen LogP contribution in [0.4, 0.5) is 0 Å². The minimum Gasteiger partial charge on any atom is -0.362 e. The van der Waals surface area contributed by atoms with Crippen LogP contribution in [0.5, 0.6) is 0 Å². The fourth-order valence-electron chi connectivity index (χ4n) is 1.73. The molecule has 0 saturated heterocycles. The molecule has 4 heteroatoms. The van der Waals surface area contributed by atoms with E-state index >= 15 is 0 Å². The van der Waals surface area contributed by atoms with E-state index in [9.17, 15) is 0 Å². The van der Waals surface area contributed by atoms with Crippen molar-refractivity contribution in [1.82, 2.24) is 5.32 Å². The van der Waals surface area contributed by atoms with Gasteiger partial charge in [-0.1, -0.05) is 18.7 Å². The lowest BCUT2D eigenvalue weighted by Crippen LogP contribution is -2.31. The predicted octanol–water partition coefficient (Wildman–Crippen LogP) is 3.15. The Hall–Kier alpha value is -0.480. The maximum absolute atomic E-state index is 4.65. The van der Waals surface area contributed by atoms with Crippen LogP contribution in [0.15, 0.2) is 21.8 Å². The van der Waals surface area contributed by atoms with E-state index in [0.717, 1.165) is 23.8 Å². The van der Waals surface area contributed by atoms with E-state index in [0.29, 0.717) is 12.1 Å². The predicted molar refractivity (Wildman–Crippen MR) is 74.6 cm³/mol. The normalized spacial score (nSPS) is 21.9. The summed E-state index contributed by atoms with van der Waals surface area (Å²) >= 11 is 3.62. The van der Waals surface area contributed by atoms with E-state index in [1.807, 2.05) is 11.8 Å². The smallest absolute Gasteiger partial charge is 0.157 e. The van der Waals surface area contributed by atoms with Gasteiger partial charge in [0.05, 0.1) is 6.04 Å². The molecular weight excluding hydrogens is 236 g/mol. The van der Waals surface area contributed by atoms with Gasteiger partial charge in [0.25, 0.3) is 0 Å². The lowest BCUT2D eigenvalue weighted by Gasteiger charge is -2.13. The number of aliphatic imine (C=N–C) groups is 1. The van der Waals surface area contributed by atoms with Crippen molar-refractivity contribution >= 4 is 28.3 Å². The molecule has 2 unspecified atom stereocenters. The minimum atomic E-state index is 0.469. The molecule has 2 nitrogen and oxygen atoms in total.